The van der Waals surface area contributed by atoms with Crippen LogP contribution in [0.5, 0.6) is 0 Å². The third-order valence-corrected chi connectivity index (χ3v) is 6.68. The summed E-state index contributed by atoms with van der Waals surface area (Å²) in [4.78, 5) is 25.8. The summed E-state index contributed by atoms with van der Waals surface area (Å²) in [5.41, 5.74) is 0.984. The number of rotatable bonds is 7. The number of carbonyl (C=O) groups is 2. The number of piperazine rings is 1. The number of benzene rings is 1. The lowest BCUT2D eigenvalue weighted by Crippen LogP contribution is -2.51. The molecular weight excluding hydrogens is 396 g/mol. The van der Waals surface area contributed by atoms with Gasteiger partial charge in [0, 0.05) is 32.6 Å². The third-order valence-electron chi connectivity index (χ3n) is 4.76. The van der Waals surface area contributed by atoms with E-state index in [9.17, 15) is 18.0 Å². The van der Waals surface area contributed by atoms with Crippen LogP contribution in [0.4, 0.5) is 0 Å². The normalized spacial score (nSPS) is 15.3. The summed E-state index contributed by atoms with van der Waals surface area (Å²) in [6, 6.07) is 10.2. The van der Waals surface area contributed by atoms with Gasteiger partial charge in [-0.15, -0.1) is 0 Å². The molecule has 156 valence electrons. The van der Waals surface area contributed by atoms with Gasteiger partial charge in [0.1, 0.15) is 5.76 Å². The van der Waals surface area contributed by atoms with E-state index in [0.717, 1.165) is 5.56 Å². The van der Waals surface area contributed by atoms with Gasteiger partial charge >= 0.3 is 5.97 Å². The first-order valence-corrected chi connectivity index (χ1v) is 10.8. The zero-order valence-corrected chi connectivity index (χ0v) is 17.1. The van der Waals surface area contributed by atoms with E-state index in [4.69, 9.17) is 9.15 Å². The lowest BCUT2D eigenvalue weighted by molar-refractivity contribution is -0.152. The summed E-state index contributed by atoms with van der Waals surface area (Å²) in [5.74, 6) is -0.127. The van der Waals surface area contributed by atoms with Crippen molar-refractivity contribution in [3.05, 3.63) is 54.0 Å². The van der Waals surface area contributed by atoms with E-state index in [2.05, 4.69) is 0 Å². The molecule has 1 aliphatic heterocycles. The van der Waals surface area contributed by atoms with E-state index in [1.165, 1.54) is 15.5 Å². The van der Waals surface area contributed by atoms with Gasteiger partial charge < -0.3 is 14.1 Å². The molecule has 3 rings (SSSR count). The Bertz CT molecular complexity index is 930. The largest absolute Gasteiger partial charge is 0.469 e. The Morgan fingerprint density at radius 2 is 1.76 bits per heavy atom. The van der Waals surface area contributed by atoms with Gasteiger partial charge in [0.25, 0.3) is 5.91 Å². The number of furan rings is 1. The molecule has 0 bridgehead atoms. The average molecular weight is 420 g/mol. The minimum absolute atomic E-state index is 0.128. The van der Waals surface area contributed by atoms with E-state index in [0.29, 0.717) is 12.2 Å². The SMILES string of the molecule is Cc1ccc(S(=O)(=O)N2CCN(C(=O)COC(=O)CCc3ccco3)CC2)cc1. The summed E-state index contributed by atoms with van der Waals surface area (Å²) in [7, 11) is -3.58. The molecule has 1 aliphatic rings. The maximum atomic E-state index is 12.7. The Labute approximate surface area is 170 Å². The van der Waals surface area contributed by atoms with Gasteiger partial charge in [-0.25, -0.2) is 8.42 Å². The second kappa shape index (κ2) is 9.23. The van der Waals surface area contributed by atoms with Crippen molar-refractivity contribution in [3.63, 3.8) is 0 Å². The highest BCUT2D eigenvalue weighted by molar-refractivity contribution is 7.89. The van der Waals surface area contributed by atoms with Gasteiger partial charge in [-0.2, -0.15) is 4.31 Å². The van der Waals surface area contributed by atoms with E-state index in [1.807, 2.05) is 6.92 Å². The topological polar surface area (TPSA) is 97.1 Å². The van der Waals surface area contributed by atoms with Crippen molar-refractivity contribution in [1.82, 2.24) is 9.21 Å². The van der Waals surface area contributed by atoms with Crippen LogP contribution in [0, 0.1) is 6.92 Å². The number of sulfonamides is 1. The van der Waals surface area contributed by atoms with Crippen molar-refractivity contribution in [2.45, 2.75) is 24.7 Å². The lowest BCUT2D eigenvalue weighted by atomic mass is 10.2. The second-order valence-electron chi connectivity index (χ2n) is 6.84. The molecule has 2 heterocycles. The number of nitrogens with zero attached hydrogens (tertiary/aromatic N) is 2. The molecule has 29 heavy (non-hydrogen) atoms. The molecule has 2 aromatic rings. The monoisotopic (exact) mass is 420 g/mol. The lowest BCUT2D eigenvalue weighted by Gasteiger charge is -2.33. The fraction of sp³-hybridized carbons (Fsp3) is 0.400. The van der Waals surface area contributed by atoms with Crippen molar-refractivity contribution in [2.75, 3.05) is 32.8 Å². The van der Waals surface area contributed by atoms with Crippen LogP contribution in [-0.4, -0.2) is 62.3 Å². The number of carbonyl (C=O) groups excluding carboxylic acids is 2. The van der Waals surface area contributed by atoms with Crippen LogP contribution < -0.4 is 0 Å². The average Bonchev–Trinajstić information content (AvgIpc) is 3.24. The Balaban J connectivity index is 1.44. The molecule has 0 radical (unpaired) electrons. The summed E-state index contributed by atoms with van der Waals surface area (Å²) >= 11 is 0. The molecule has 0 atom stereocenters. The van der Waals surface area contributed by atoms with Crippen LogP contribution in [-0.2, 0) is 30.8 Å². The second-order valence-corrected chi connectivity index (χ2v) is 8.78. The Hall–Kier alpha value is -2.65. The summed E-state index contributed by atoms with van der Waals surface area (Å²) in [5, 5.41) is 0. The predicted molar refractivity (Wildman–Crippen MR) is 105 cm³/mol. The number of aryl methyl sites for hydroxylation is 2. The quantitative estimate of drug-likeness (QED) is 0.631. The molecule has 0 spiro atoms. The fourth-order valence-electron chi connectivity index (χ4n) is 3.02. The van der Waals surface area contributed by atoms with Crippen molar-refractivity contribution in [3.8, 4) is 0 Å². The molecule has 1 aromatic carbocycles. The number of amides is 1. The van der Waals surface area contributed by atoms with E-state index >= 15 is 0 Å². The van der Waals surface area contributed by atoms with Crippen molar-refractivity contribution in [1.29, 1.82) is 0 Å². The van der Waals surface area contributed by atoms with Crippen LogP contribution >= 0.6 is 0 Å². The molecule has 8 nitrogen and oxygen atoms in total. The summed E-state index contributed by atoms with van der Waals surface area (Å²) in [6.07, 6.45) is 2.07. The Kier molecular flexibility index (Phi) is 6.71. The van der Waals surface area contributed by atoms with Gasteiger partial charge in [-0.1, -0.05) is 17.7 Å². The number of ether oxygens (including phenoxy) is 1. The Morgan fingerprint density at radius 1 is 1.07 bits per heavy atom. The first kappa shape index (κ1) is 21.1. The molecule has 1 aromatic heterocycles. The molecule has 1 saturated heterocycles. The van der Waals surface area contributed by atoms with Crippen LogP contribution in [0.15, 0.2) is 52.0 Å². The number of esters is 1. The summed E-state index contributed by atoms with van der Waals surface area (Å²) < 4.78 is 37.0. The van der Waals surface area contributed by atoms with Gasteiger partial charge in [0.05, 0.1) is 17.6 Å². The third kappa shape index (κ3) is 5.45. The molecule has 1 fully saturated rings. The highest BCUT2D eigenvalue weighted by Gasteiger charge is 2.30. The van der Waals surface area contributed by atoms with Gasteiger partial charge in [0.15, 0.2) is 6.61 Å². The molecular formula is C20H24N2O6S. The minimum atomic E-state index is -3.58. The van der Waals surface area contributed by atoms with Crippen LogP contribution in [0.3, 0.4) is 0 Å². The van der Waals surface area contributed by atoms with Crippen molar-refractivity contribution >= 4 is 21.9 Å². The van der Waals surface area contributed by atoms with Gasteiger partial charge in [0.2, 0.25) is 10.0 Å². The molecule has 1 amide bonds. The zero-order chi connectivity index (χ0) is 20.9. The summed E-state index contributed by atoms with van der Waals surface area (Å²) in [6.45, 7) is 2.47. The van der Waals surface area contributed by atoms with Crippen LogP contribution in [0.2, 0.25) is 0 Å². The molecule has 0 unspecified atom stereocenters. The Morgan fingerprint density at radius 3 is 2.38 bits per heavy atom. The van der Waals surface area contributed by atoms with Crippen LogP contribution in [0.25, 0.3) is 0 Å². The molecule has 9 heteroatoms. The van der Waals surface area contributed by atoms with Crippen molar-refractivity contribution in [2.24, 2.45) is 0 Å². The van der Waals surface area contributed by atoms with Crippen LogP contribution in [0.1, 0.15) is 17.7 Å². The van der Waals surface area contributed by atoms with E-state index < -0.39 is 16.0 Å². The fourth-order valence-corrected chi connectivity index (χ4v) is 4.45. The molecule has 0 aliphatic carbocycles. The molecule has 0 N–H and O–H groups in total. The zero-order valence-electron chi connectivity index (χ0n) is 16.2. The van der Waals surface area contributed by atoms with Gasteiger partial charge in [-0.3, -0.25) is 9.59 Å². The highest BCUT2D eigenvalue weighted by Crippen LogP contribution is 2.18. The number of hydrogen-bond acceptors (Lipinski definition) is 6. The maximum Gasteiger partial charge on any atom is 0.306 e. The first-order chi connectivity index (χ1) is 13.9. The van der Waals surface area contributed by atoms with E-state index in [1.54, 1.807) is 36.4 Å². The highest BCUT2D eigenvalue weighted by atomic mass is 32.2. The minimum Gasteiger partial charge on any atom is -0.469 e. The number of hydrogen-bond donors (Lipinski definition) is 0. The van der Waals surface area contributed by atoms with E-state index in [-0.39, 0.29) is 50.0 Å². The maximum absolute atomic E-state index is 12.7. The van der Waals surface area contributed by atoms with Gasteiger partial charge in [-0.05, 0) is 31.2 Å². The first-order valence-electron chi connectivity index (χ1n) is 9.39. The predicted octanol–water partition coefficient (Wildman–Crippen LogP) is 1.60. The smallest absolute Gasteiger partial charge is 0.306 e. The van der Waals surface area contributed by atoms with Crippen molar-refractivity contribution < 1.29 is 27.2 Å². The molecule has 0 saturated carbocycles. The standard InChI is InChI=1S/C20H24N2O6S/c1-16-4-7-18(8-5-16)29(25,26)22-12-10-21(11-13-22)19(23)15-28-20(24)9-6-17-3-2-14-27-17/h2-5,7-8,14H,6,9-13,15H2,1H3.